The summed E-state index contributed by atoms with van der Waals surface area (Å²) in [5.74, 6) is 0.226. The van der Waals surface area contributed by atoms with Crippen LogP contribution < -0.4 is 0 Å². The summed E-state index contributed by atoms with van der Waals surface area (Å²) < 4.78 is 2.09. The first-order chi connectivity index (χ1) is 8.25. The van der Waals surface area contributed by atoms with Crippen molar-refractivity contribution < 1.29 is 9.90 Å². The Hall–Kier alpha value is -1.29. The van der Waals surface area contributed by atoms with Crippen molar-refractivity contribution in [3.05, 3.63) is 24.5 Å². The van der Waals surface area contributed by atoms with Crippen molar-refractivity contribution in [2.75, 3.05) is 13.1 Å². The molecule has 1 aromatic rings. The lowest BCUT2D eigenvalue weighted by molar-refractivity contribution is -0.133. The van der Waals surface area contributed by atoms with Crippen LogP contribution >= 0.6 is 0 Å². The number of hydrogen-bond acceptors (Lipinski definition) is 2. The first-order valence-corrected chi connectivity index (χ1v) is 6.32. The molecule has 1 fully saturated rings. The van der Waals surface area contributed by atoms with Gasteiger partial charge < -0.3 is 14.6 Å². The molecule has 1 aliphatic heterocycles. The van der Waals surface area contributed by atoms with E-state index in [2.05, 4.69) is 4.57 Å². The van der Waals surface area contributed by atoms with E-state index in [-0.39, 0.29) is 12.0 Å². The van der Waals surface area contributed by atoms with Crippen LogP contribution in [0.15, 0.2) is 24.5 Å². The van der Waals surface area contributed by atoms with Gasteiger partial charge in [-0.15, -0.1) is 0 Å². The minimum Gasteiger partial charge on any atom is -0.393 e. The quantitative estimate of drug-likeness (QED) is 0.855. The van der Waals surface area contributed by atoms with Gasteiger partial charge in [0.1, 0.15) is 0 Å². The maximum absolute atomic E-state index is 11.9. The number of aromatic nitrogens is 1. The van der Waals surface area contributed by atoms with Crippen molar-refractivity contribution in [2.24, 2.45) is 0 Å². The van der Waals surface area contributed by atoms with E-state index in [0.717, 1.165) is 25.8 Å². The minimum absolute atomic E-state index is 0.209. The van der Waals surface area contributed by atoms with Crippen molar-refractivity contribution in [1.29, 1.82) is 0 Å². The highest BCUT2D eigenvalue weighted by Crippen LogP contribution is 2.11. The molecular weight excluding hydrogens is 216 g/mol. The standard InChI is InChI=1S/C13H20N2O2/c16-12-5-10-15(11-6-12)13(17)4-3-9-14-7-1-2-8-14/h1-2,7-8,12,16H,3-6,9-11H2. The predicted octanol–water partition coefficient (Wildman–Crippen LogP) is 1.25. The Kier molecular flexibility index (Phi) is 4.20. The second-order valence-corrected chi connectivity index (χ2v) is 4.64. The van der Waals surface area contributed by atoms with Crippen molar-refractivity contribution >= 4 is 5.91 Å². The Balaban J connectivity index is 1.67. The van der Waals surface area contributed by atoms with E-state index in [1.165, 1.54) is 0 Å². The average Bonchev–Trinajstić information content (AvgIpc) is 2.83. The highest BCUT2D eigenvalue weighted by atomic mass is 16.3. The van der Waals surface area contributed by atoms with Crippen LogP contribution in [0.5, 0.6) is 0 Å². The van der Waals surface area contributed by atoms with E-state index in [4.69, 9.17) is 0 Å². The SMILES string of the molecule is O=C(CCCn1cccc1)N1CCC(O)CC1. The summed E-state index contributed by atoms with van der Waals surface area (Å²) in [4.78, 5) is 13.7. The van der Waals surface area contributed by atoms with Crippen LogP contribution in [0.4, 0.5) is 0 Å². The van der Waals surface area contributed by atoms with Crippen molar-refractivity contribution in [3.8, 4) is 0 Å². The highest BCUT2D eigenvalue weighted by molar-refractivity contribution is 5.76. The predicted molar refractivity (Wildman–Crippen MR) is 65.5 cm³/mol. The maximum atomic E-state index is 11.9. The first-order valence-electron chi connectivity index (χ1n) is 6.32. The molecule has 0 radical (unpaired) electrons. The lowest BCUT2D eigenvalue weighted by atomic mass is 10.1. The monoisotopic (exact) mass is 236 g/mol. The fraction of sp³-hybridized carbons (Fsp3) is 0.615. The third-order valence-electron chi connectivity index (χ3n) is 3.29. The summed E-state index contributed by atoms with van der Waals surface area (Å²) in [6, 6.07) is 3.99. The molecule has 2 rings (SSSR count). The normalized spacial score (nSPS) is 17.4. The molecule has 1 amide bonds. The van der Waals surface area contributed by atoms with Gasteiger partial charge in [0.05, 0.1) is 6.10 Å². The van der Waals surface area contributed by atoms with Gasteiger partial charge in [-0.05, 0) is 31.4 Å². The van der Waals surface area contributed by atoms with E-state index < -0.39 is 0 Å². The van der Waals surface area contributed by atoms with E-state index in [0.29, 0.717) is 19.5 Å². The number of rotatable bonds is 4. The van der Waals surface area contributed by atoms with Crippen molar-refractivity contribution in [3.63, 3.8) is 0 Å². The van der Waals surface area contributed by atoms with Gasteiger partial charge in [0, 0.05) is 38.4 Å². The average molecular weight is 236 g/mol. The smallest absolute Gasteiger partial charge is 0.222 e. The molecule has 1 N–H and O–H groups in total. The van der Waals surface area contributed by atoms with Crippen molar-refractivity contribution in [2.45, 2.75) is 38.3 Å². The molecule has 0 spiro atoms. The molecule has 17 heavy (non-hydrogen) atoms. The molecule has 0 unspecified atom stereocenters. The van der Waals surface area contributed by atoms with Gasteiger partial charge in [-0.25, -0.2) is 0 Å². The molecule has 0 bridgehead atoms. The number of aryl methyl sites for hydroxylation is 1. The first kappa shape index (κ1) is 12.2. The summed E-state index contributed by atoms with van der Waals surface area (Å²) in [5.41, 5.74) is 0. The Labute approximate surface area is 102 Å². The fourth-order valence-electron chi connectivity index (χ4n) is 2.21. The molecular formula is C13H20N2O2. The van der Waals surface area contributed by atoms with Crippen LogP contribution in [-0.4, -0.2) is 39.7 Å². The number of aliphatic hydroxyl groups is 1. The fourth-order valence-corrected chi connectivity index (χ4v) is 2.21. The number of nitrogens with zero attached hydrogens (tertiary/aromatic N) is 2. The molecule has 0 aliphatic carbocycles. The minimum atomic E-state index is -0.209. The molecule has 94 valence electrons. The van der Waals surface area contributed by atoms with Crippen LogP contribution in [0, 0.1) is 0 Å². The summed E-state index contributed by atoms with van der Waals surface area (Å²) in [6.07, 6.45) is 6.76. The zero-order valence-corrected chi connectivity index (χ0v) is 10.1. The highest BCUT2D eigenvalue weighted by Gasteiger charge is 2.20. The number of piperidine rings is 1. The molecule has 1 saturated heterocycles. The van der Waals surface area contributed by atoms with Crippen molar-refractivity contribution in [1.82, 2.24) is 9.47 Å². The molecule has 4 heteroatoms. The summed E-state index contributed by atoms with van der Waals surface area (Å²) >= 11 is 0. The van der Waals surface area contributed by atoms with Crippen LogP contribution in [0.25, 0.3) is 0 Å². The van der Waals surface area contributed by atoms with Gasteiger partial charge >= 0.3 is 0 Å². The van der Waals surface area contributed by atoms with E-state index in [9.17, 15) is 9.90 Å². The van der Waals surface area contributed by atoms with Gasteiger partial charge in [-0.3, -0.25) is 4.79 Å². The topological polar surface area (TPSA) is 45.5 Å². The molecule has 2 heterocycles. The molecule has 0 atom stereocenters. The Morgan fingerprint density at radius 3 is 2.53 bits per heavy atom. The number of aliphatic hydroxyl groups excluding tert-OH is 1. The number of likely N-dealkylation sites (tertiary alicyclic amines) is 1. The van der Waals surface area contributed by atoms with Gasteiger partial charge in [0.25, 0.3) is 0 Å². The lowest BCUT2D eigenvalue weighted by Crippen LogP contribution is -2.40. The molecule has 1 aromatic heterocycles. The van der Waals surface area contributed by atoms with Crippen LogP contribution in [0.3, 0.4) is 0 Å². The van der Waals surface area contributed by atoms with Gasteiger partial charge in [0.15, 0.2) is 0 Å². The van der Waals surface area contributed by atoms with E-state index in [1.54, 1.807) is 0 Å². The summed E-state index contributed by atoms with van der Waals surface area (Å²) in [5, 5.41) is 9.37. The van der Waals surface area contributed by atoms with Gasteiger partial charge in [0.2, 0.25) is 5.91 Å². The molecule has 1 aliphatic rings. The summed E-state index contributed by atoms with van der Waals surface area (Å²) in [7, 11) is 0. The zero-order valence-electron chi connectivity index (χ0n) is 10.1. The molecule has 0 aromatic carbocycles. The molecule has 0 saturated carbocycles. The zero-order chi connectivity index (χ0) is 12.1. The largest absolute Gasteiger partial charge is 0.393 e. The van der Waals surface area contributed by atoms with Crippen LogP contribution in [0.1, 0.15) is 25.7 Å². The van der Waals surface area contributed by atoms with E-state index >= 15 is 0 Å². The second-order valence-electron chi connectivity index (χ2n) is 4.64. The molecule has 4 nitrogen and oxygen atoms in total. The summed E-state index contributed by atoms with van der Waals surface area (Å²) in [6.45, 7) is 2.32. The number of carbonyl (C=O) groups excluding carboxylic acids is 1. The number of hydrogen-bond donors (Lipinski definition) is 1. The van der Waals surface area contributed by atoms with E-state index in [1.807, 2.05) is 29.4 Å². The Morgan fingerprint density at radius 1 is 1.24 bits per heavy atom. The lowest BCUT2D eigenvalue weighted by Gasteiger charge is -2.29. The van der Waals surface area contributed by atoms with Crippen LogP contribution in [-0.2, 0) is 11.3 Å². The maximum Gasteiger partial charge on any atom is 0.222 e. The second kappa shape index (κ2) is 5.87. The van der Waals surface area contributed by atoms with Gasteiger partial charge in [-0.2, -0.15) is 0 Å². The van der Waals surface area contributed by atoms with Gasteiger partial charge in [-0.1, -0.05) is 0 Å². The Morgan fingerprint density at radius 2 is 1.88 bits per heavy atom. The number of carbonyl (C=O) groups is 1. The Bertz CT molecular complexity index is 340. The number of amides is 1. The third kappa shape index (κ3) is 3.60. The van der Waals surface area contributed by atoms with Crippen LogP contribution in [0.2, 0.25) is 0 Å². The third-order valence-corrected chi connectivity index (χ3v) is 3.29.